The minimum atomic E-state index is -0.269. The zero-order chi connectivity index (χ0) is 12.3. The molecule has 1 aliphatic carbocycles. The molecule has 3 nitrogen and oxygen atoms in total. The number of likely N-dealkylation sites (tertiary alicyclic amines) is 1. The summed E-state index contributed by atoms with van der Waals surface area (Å²) < 4.78 is 0. The summed E-state index contributed by atoms with van der Waals surface area (Å²) in [7, 11) is 0. The topological polar surface area (TPSA) is 39.1 Å². The third-order valence-electron chi connectivity index (χ3n) is 4.31. The highest BCUT2D eigenvalue weighted by Crippen LogP contribution is 2.40. The summed E-state index contributed by atoms with van der Waals surface area (Å²) in [5.74, 6) is 0.590. The van der Waals surface area contributed by atoms with Crippen molar-refractivity contribution in [3.8, 4) is 6.07 Å². The molecule has 2 fully saturated rings. The van der Waals surface area contributed by atoms with E-state index >= 15 is 0 Å². The largest absolute Gasteiger partial charge is 0.298 e. The summed E-state index contributed by atoms with van der Waals surface area (Å²) in [4.78, 5) is 2.50. The Bertz CT molecular complexity index is 292. The number of nitrogens with zero attached hydrogens (tertiary/aromatic N) is 2. The lowest BCUT2D eigenvalue weighted by atomic mass is 9.93. The van der Waals surface area contributed by atoms with E-state index in [0.29, 0.717) is 12.0 Å². The Morgan fingerprint density at radius 3 is 2.65 bits per heavy atom. The molecule has 3 heteroatoms. The summed E-state index contributed by atoms with van der Waals surface area (Å²) in [5.41, 5.74) is -0.269. The first kappa shape index (κ1) is 12.9. The van der Waals surface area contributed by atoms with Crippen LogP contribution < -0.4 is 5.32 Å². The van der Waals surface area contributed by atoms with Crippen molar-refractivity contribution in [2.75, 3.05) is 19.6 Å². The van der Waals surface area contributed by atoms with Gasteiger partial charge < -0.3 is 0 Å². The van der Waals surface area contributed by atoms with Crippen molar-refractivity contribution in [2.45, 2.75) is 57.5 Å². The maximum Gasteiger partial charge on any atom is 0.122 e. The monoisotopic (exact) mass is 235 g/mol. The fraction of sp³-hybridized carbons (Fsp3) is 0.929. The number of nitriles is 1. The zero-order valence-corrected chi connectivity index (χ0v) is 11.2. The maximum absolute atomic E-state index is 9.62. The van der Waals surface area contributed by atoms with Gasteiger partial charge in [-0.25, -0.2) is 0 Å². The second-order valence-corrected chi connectivity index (χ2v) is 5.75. The maximum atomic E-state index is 9.62. The first-order valence-corrected chi connectivity index (χ1v) is 7.12. The predicted octanol–water partition coefficient (Wildman–Crippen LogP) is 2.14. The normalized spacial score (nSPS) is 28.9. The average Bonchev–Trinajstić information content (AvgIpc) is 3.11. The molecular formula is C14H25N3. The first-order chi connectivity index (χ1) is 8.22. The standard InChI is InChI=1S/C14H25N3/c1-3-8-16-14(10-15,13-6-7-13)11-17-9-4-5-12(17)2/h12-13,16H,3-9,11H2,1-2H3. The number of hydrogen-bond acceptors (Lipinski definition) is 3. The smallest absolute Gasteiger partial charge is 0.122 e. The molecule has 0 amide bonds. The van der Waals surface area contributed by atoms with Crippen LogP contribution in [0.5, 0.6) is 0 Å². The Morgan fingerprint density at radius 1 is 1.41 bits per heavy atom. The van der Waals surface area contributed by atoms with E-state index in [1.54, 1.807) is 0 Å². The lowest BCUT2D eigenvalue weighted by Gasteiger charge is -2.34. The Hall–Kier alpha value is -0.590. The molecule has 0 aromatic carbocycles. The van der Waals surface area contributed by atoms with Crippen LogP contribution in [0.15, 0.2) is 0 Å². The summed E-state index contributed by atoms with van der Waals surface area (Å²) in [6.07, 6.45) is 6.14. The van der Waals surface area contributed by atoms with Crippen molar-refractivity contribution in [1.29, 1.82) is 5.26 Å². The van der Waals surface area contributed by atoms with Gasteiger partial charge >= 0.3 is 0 Å². The van der Waals surface area contributed by atoms with E-state index in [1.165, 1.54) is 32.2 Å². The van der Waals surface area contributed by atoms with Crippen LogP contribution in [0.1, 0.15) is 46.0 Å². The van der Waals surface area contributed by atoms with Gasteiger partial charge in [0.1, 0.15) is 5.54 Å². The Labute approximate surface area is 105 Å². The van der Waals surface area contributed by atoms with E-state index in [0.717, 1.165) is 19.5 Å². The van der Waals surface area contributed by atoms with Gasteiger partial charge in [-0.1, -0.05) is 6.92 Å². The van der Waals surface area contributed by atoms with Gasteiger partial charge in [-0.15, -0.1) is 0 Å². The van der Waals surface area contributed by atoms with Crippen LogP contribution in [-0.4, -0.2) is 36.1 Å². The van der Waals surface area contributed by atoms with Crippen LogP contribution in [-0.2, 0) is 0 Å². The van der Waals surface area contributed by atoms with Crippen molar-refractivity contribution in [1.82, 2.24) is 10.2 Å². The Morgan fingerprint density at radius 2 is 2.18 bits per heavy atom. The molecular weight excluding hydrogens is 210 g/mol. The molecule has 0 bridgehead atoms. The fourth-order valence-electron chi connectivity index (χ4n) is 2.97. The highest BCUT2D eigenvalue weighted by molar-refractivity contribution is 5.17. The molecule has 0 spiro atoms. The average molecular weight is 235 g/mol. The second kappa shape index (κ2) is 5.37. The molecule has 2 atom stereocenters. The lowest BCUT2D eigenvalue weighted by molar-refractivity contribution is 0.191. The Kier molecular flexibility index (Phi) is 4.06. The van der Waals surface area contributed by atoms with E-state index in [2.05, 4.69) is 30.1 Å². The number of nitrogens with one attached hydrogen (secondary N) is 1. The molecule has 0 aromatic heterocycles. The number of hydrogen-bond donors (Lipinski definition) is 1. The summed E-state index contributed by atoms with van der Waals surface area (Å²) in [6.45, 7) is 7.52. The van der Waals surface area contributed by atoms with Crippen LogP contribution in [0.25, 0.3) is 0 Å². The van der Waals surface area contributed by atoms with Gasteiger partial charge in [0.2, 0.25) is 0 Å². The quantitative estimate of drug-likeness (QED) is 0.766. The van der Waals surface area contributed by atoms with E-state index in [-0.39, 0.29) is 5.54 Å². The van der Waals surface area contributed by atoms with Gasteiger partial charge in [0.25, 0.3) is 0 Å². The first-order valence-electron chi connectivity index (χ1n) is 7.12. The van der Waals surface area contributed by atoms with Crippen molar-refractivity contribution < 1.29 is 0 Å². The van der Waals surface area contributed by atoms with E-state index in [1.807, 2.05) is 0 Å². The highest BCUT2D eigenvalue weighted by Gasteiger charge is 2.47. The van der Waals surface area contributed by atoms with Crippen LogP contribution in [0, 0.1) is 17.2 Å². The van der Waals surface area contributed by atoms with Crippen molar-refractivity contribution in [3.63, 3.8) is 0 Å². The van der Waals surface area contributed by atoms with Gasteiger partial charge in [0.05, 0.1) is 6.07 Å². The van der Waals surface area contributed by atoms with Gasteiger partial charge in [-0.3, -0.25) is 10.2 Å². The summed E-state index contributed by atoms with van der Waals surface area (Å²) in [6, 6.07) is 3.26. The molecule has 2 aliphatic rings. The molecule has 2 rings (SSSR count). The molecule has 2 unspecified atom stereocenters. The minimum Gasteiger partial charge on any atom is -0.298 e. The van der Waals surface area contributed by atoms with Gasteiger partial charge in [0, 0.05) is 12.6 Å². The van der Waals surface area contributed by atoms with Crippen LogP contribution in [0.3, 0.4) is 0 Å². The van der Waals surface area contributed by atoms with Crippen LogP contribution >= 0.6 is 0 Å². The minimum absolute atomic E-state index is 0.269. The van der Waals surface area contributed by atoms with Crippen LogP contribution in [0.2, 0.25) is 0 Å². The molecule has 0 radical (unpaired) electrons. The van der Waals surface area contributed by atoms with E-state index in [4.69, 9.17) is 0 Å². The Balaban J connectivity index is 2.01. The van der Waals surface area contributed by atoms with Crippen molar-refractivity contribution >= 4 is 0 Å². The SMILES string of the molecule is CCCNC(C#N)(CN1CCCC1C)C1CC1. The zero-order valence-electron chi connectivity index (χ0n) is 11.2. The summed E-state index contributed by atoms with van der Waals surface area (Å²) in [5, 5.41) is 13.2. The molecule has 1 N–H and O–H groups in total. The summed E-state index contributed by atoms with van der Waals surface area (Å²) >= 11 is 0. The molecule has 96 valence electrons. The van der Waals surface area contributed by atoms with Crippen LogP contribution in [0.4, 0.5) is 0 Å². The predicted molar refractivity (Wildman–Crippen MR) is 69.6 cm³/mol. The second-order valence-electron chi connectivity index (χ2n) is 5.75. The molecule has 0 aromatic rings. The van der Waals surface area contributed by atoms with Crippen molar-refractivity contribution in [3.05, 3.63) is 0 Å². The molecule has 1 heterocycles. The molecule has 17 heavy (non-hydrogen) atoms. The lowest BCUT2D eigenvalue weighted by Crippen LogP contribution is -2.55. The third kappa shape index (κ3) is 2.81. The number of rotatable bonds is 6. The van der Waals surface area contributed by atoms with Crippen molar-refractivity contribution in [2.24, 2.45) is 5.92 Å². The van der Waals surface area contributed by atoms with Gasteiger partial charge in [0.15, 0.2) is 0 Å². The van der Waals surface area contributed by atoms with Gasteiger partial charge in [-0.05, 0) is 58.0 Å². The highest BCUT2D eigenvalue weighted by atomic mass is 15.2. The fourth-order valence-corrected chi connectivity index (χ4v) is 2.97. The van der Waals surface area contributed by atoms with E-state index in [9.17, 15) is 5.26 Å². The van der Waals surface area contributed by atoms with E-state index < -0.39 is 0 Å². The molecule has 1 saturated heterocycles. The third-order valence-corrected chi connectivity index (χ3v) is 4.31. The molecule has 1 saturated carbocycles. The van der Waals surface area contributed by atoms with Gasteiger partial charge in [-0.2, -0.15) is 5.26 Å². The molecule has 1 aliphatic heterocycles.